The van der Waals surface area contributed by atoms with Crippen LogP contribution in [0.1, 0.15) is 50.4 Å². The maximum Gasteiger partial charge on any atom is 0.148 e. The lowest BCUT2D eigenvalue weighted by atomic mass is 10.2. The molecule has 6 nitrogen and oxygen atoms in total. The van der Waals surface area contributed by atoms with Gasteiger partial charge in [-0.15, -0.1) is 0 Å². The number of nitrogens with one attached hydrogen (secondary N) is 2. The fraction of sp³-hybridized carbons (Fsp3) is 0.714. The summed E-state index contributed by atoms with van der Waals surface area (Å²) in [6.07, 6.45) is 3.57. The third-order valence-corrected chi connectivity index (χ3v) is 3.87. The lowest BCUT2D eigenvalue weighted by Gasteiger charge is -2.18. The van der Waals surface area contributed by atoms with Crippen molar-refractivity contribution in [1.82, 2.24) is 9.97 Å². The minimum absolute atomic E-state index is 0.263. The molecule has 0 aromatic carbocycles. The number of hydrogen-bond donors (Lipinski definition) is 3. The van der Waals surface area contributed by atoms with E-state index in [1.165, 1.54) is 0 Å². The Morgan fingerprint density at radius 2 is 1.95 bits per heavy atom. The van der Waals surface area contributed by atoms with Gasteiger partial charge in [-0.3, -0.25) is 0 Å². The summed E-state index contributed by atoms with van der Waals surface area (Å²) in [6.45, 7) is 6.13. The van der Waals surface area contributed by atoms with Gasteiger partial charge >= 0.3 is 0 Å². The van der Waals surface area contributed by atoms with Crippen LogP contribution >= 0.6 is 0 Å². The number of hydrazine groups is 1. The zero-order valence-corrected chi connectivity index (χ0v) is 12.7. The summed E-state index contributed by atoms with van der Waals surface area (Å²) in [5, 5.41) is 3.52. The van der Waals surface area contributed by atoms with Crippen molar-refractivity contribution in [1.29, 1.82) is 0 Å². The van der Waals surface area contributed by atoms with Gasteiger partial charge in [0.15, 0.2) is 0 Å². The predicted molar refractivity (Wildman–Crippen MR) is 80.7 cm³/mol. The second-order valence-electron chi connectivity index (χ2n) is 5.72. The molecule has 1 heterocycles. The molecule has 1 fully saturated rings. The maximum absolute atomic E-state index is 5.55. The molecule has 20 heavy (non-hydrogen) atoms. The number of methoxy groups -OCH3 is 1. The molecule has 2 unspecified atom stereocenters. The zero-order chi connectivity index (χ0) is 14.7. The Bertz CT molecular complexity index is 463. The highest BCUT2D eigenvalue weighted by atomic mass is 16.5. The van der Waals surface area contributed by atoms with Crippen LogP contribution in [0, 0.1) is 6.92 Å². The molecule has 1 aromatic heterocycles. The first-order chi connectivity index (χ1) is 9.55. The van der Waals surface area contributed by atoms with E-state index < -0.39 is 0 Å². The molecule has 112 valence electrons. The van der Waals surface area contributed by atoms with Crippen LogP contribution in [-0.2, 0) is 4.74 Å². The molecule has 0 amide bonds. The first kappa shape index (κ1) is 15.0. The quantitative estimate of drug-likeness (QED) is 0.566. The van der Waals surface area contributed by atoms with Crippen LogP contribution in [0.25, 0.3) is 0 Å². The monoisotopic (exact) mass is 279 g/mol. The van der Waals surface area contributed by atoms with Gasteiger partial charge in [-0.1, -0.05) is 13.8 Å². The second-order valence-corrected chi connectivity index (χ2v) is 5.72. The normalized spacial score (nSPS) is 22.3. The molecular formula is C14H25N5O. The fourth-order valence-corrected chi connectivity index (χ4v) is 2.55. The third-order valence-electron chi connectivity index (χ3n) is 3.87. The molecule has 6 heteroatoms. The molecule has 2 atom stereocenters. The largest absolute Gasteiger partial charge is 0.381 e. The van der Waals surface area contributed by atoms with E-state index in [9.17, 15) is 0 Å². The molecule has 1 saturated carbocycles. The summed E-state index contributed by atoms with van der Waals surface area (Å²) in [6, 6.07) is 0.402. The lowest BCUT2D eigenvalue weighted by Crippen LogP contribution is -2.21. The maximum atomic E-state index is 5.55. The van der Waals surface area contributed by atoms with E-state index in [1.54, 1.807) is 7.11 Å². The predicted octanol–water partition coefficient (Wildman–Crippen LogP) is 2.17. The Labute approximate surface area is 120 Å². The summed E-state index contributed by atoms with van der Waals surface area (Å²) >= 11 is 0. The van der Waals surface area contributed by atoms with Crippen LogP contribution in [0.2, 0.25) is 0 Å². The smallest absolute Gasteiger partial charge is 0.148 e. The number of nitrogens with zero attached hydrogens (tertiary/aromatic N) is 2. The number of nitrogens with two attached hydrogens (primary N) is 1. The van der Waals surface area contributed by atoms with Crippen molar-refractivity contribution >= 4 is 11.6 Å². The van der Waals surface area contributed by atoms with Crippen LogP contribution in [0.15, 0.2) is 0 Å². The number of nitrogen functional groups attached to an aromatic ring is 1. The average molecular weight is 279 g/mol. The van der Waals surface area contributed by atoms with Gasteiger partial charge in [-0.05, 0) is 26.2 Å². The number of hydrogen-bond acceptors (Lipinski definition) is 6. The Kier molecular flexibility index (Phi) is 4.77. The molecule has 0 aliphatic heterocycles. The van der Waals surface area contributed by atoms with Gasteiger partial charge in [0.25, 0.3) is 0 Å². The molecule has 1 aromatic rings. The Hall–Kier alpha value is -1.40. The van der Waals surface area contributed by atoms with Gasteiger partial charge in [0.05, 0.1) is 6.10 Å². The molecule has 4 N–H and O–H groups in total. The summed E-state index contributed by atoms with van der Waals surface area (Å²) in [7, 11) is 1.77. The first-order valence-corrected chi connectivity index (χ1v) is 7.19. The highest BCUT2D eigenvalue weighted by Gasteiger charge is 2.25. The van der Waals surface area contributed by atoms with E-state index in [4.69, 9.17) is 10.6 Å². The summed E-state index contributed by atoms with van der Waals surface area (Å²) in [5.74, 6) is 8.17. The topological polar surface area (TPSA) is 85.1 Å². The molecule has 0 radical (unpaired) electrons. The van der Waals surface area contributed by atoms with Gasteiger partial charge in [-0.25, -0.2) is 15.8 Å². The summed E-state index contributed by atoms with van der Waals surface area (Å²) in [4.78, 5) is 9.08. The van der Waals surface area contributed by atoms with Crippen molar-refractivity contribution < 1.29 is 4.74 Å². The highest BCUT2D eigenvalue weighted by molar-refractivity contribution is 5.57. The first-order valence-electron chi connectivity index (χ1n) is 7.19. The average Bonchev–Trinajstić information content (AvgIpc) is 2.88. The van der Waals surface area contributed by atoms with Gasteiger partial charge in [0.2, 0.25) is 0 Å². The highest BCUT2D eigenvalue weighted by Crippen LogP contribution is 2.28. The molecule has 2 rings (SSSR count). The van der Waals surface area contributed by atoms with Crippen molar-refractivity contribution in [2.45, 2.75) is 58.1 Å². The lowest BCUT2D eigenvalue weighted by molar-refractivity contribution is 0.108. The van der Waals surface area contributed by atoms with Crippen molar-refractivity contribution in [2.24, 2.45) is 5.84 Å². The fourth-order valence-electron chi connectivity index (χ4n) is 2.55. The van der Waals surface area contributed by atoms with E-state index in [0.29, 0.717) is 18.0 Å². The minimum Gasteiger partial charge on any atom is -0.381 e. The van der Waals surface area contributed by atoms with E-state index in [1.807, 2.05) is 6.92 Å². The van der Waals surface area contributed by atoms with Gasteiger partial charge in [0.1, 0.15) is 17.5 Å². The SMILES string of the molecule is COC1CCC(Nc2nc(C(C)C)nc(NN)c2C)C1. The molecular weight excluding hydrogens is 254 g/mol. The van der Waals surface area contributed by atoms with Gasteiger partial charge < -0.3 is 15.5 Å². The van der Waals surface area contributed by atoms with Gasteiger partial charge in [0, 0.05) is 24.6 Å². The molecule has 1 aliphatic carbocycles. The van der Waals surface area contributed by atoms with Crippen molar-refractivity contribution in [3.8, 4) is 0 Å². The number of ether oxygens (including phenoxy) is 1. The summed E-state index contributed by atoms with van der Waals surface area (Å²) < 4.78 is 5.41. The van der Waals surface area contributed by atoms with E-state index in [-0.39, 0.29) is 5.92 Å². The number of rotatable bonds is 5. The Morgan fingerprint density at radius 3 is 2.50 bits per heavy atom. The van der Waals surface area contributed by atoms with E-state index >= 15 is 0 Å². The standard InChI is InChI=1S/C14H25N5O/c1-8(2)12-17-13(9(3)14(18-12)19-15)16-10-5-6-11(7-10)20-4/h8,10-11H,5-7,15H2,1-4H3,(H2,16,17,18,19). The molecule has 0 bridgehead atoms. The zero-order valence-electron chi connectivity index (χ0n) is 12.7. The molecule has 0 saturated heterocycles. The van der Waals surface area contributed by atoms with Crippen LogP contribution < -0.4 is 16.6 Å². The van der Waals surface area contributed by atoms with Crippen molar-refractivity contribution in [3.05, 3.63) is 11.4 Å². The van der Waals surface area contributed by atoms with Gasteiger partial charge in [-0.2, -0.15) is 0 Å². The van der Waals surface area contributed by atoms with Crippen LogP contribution in [0.5, 0.6) is 0 Å². The van der Waals surface area contributed by atoms with Crippen LogP contribution in [0.3, 0.4) is 0 Å². The molecule has 0 spiro atoms. The second kappa shape index (κ2) is 6.37. The summed E-state index contributed by atoms with van der Waals surface area (Å²) in [5.41, 5.74) is 3.62. The Morgan fingerprint density at radius 1 is 1.25 bits per heavy atom. The minimum atomic E-state index is 0.263. The van der Waals surface area contributed by atoms with E-state index in [0.717, 1.165) is 36.5 Å². The third kappa shape index (κ3) is 3.19. The van der Waals surface area contributed by atoms with Crippen LogP contribution in [0.4, 0.5) is 11.6 Å². The number of anilines is 2. The van der Waals surface area contributed by atoms with E-state index in [2.05, 4.69) is 34.6 Å². The molecule has 1 aliphatic rings. The van der Waals surface area contributed by atoms with Crippen molar-refractivity contribution in [3.63, 3.8) is 0 Å². The number of aromatic nitrogens is 2. The van der Waals surface area contributed by atoms with Crippen molar-refractivity contribution in [2.75, 3.05) is 17.9 Å². The van der Waals surface area contributed by atoms with Crippen LogP contribution in [-0.4, -0.2) is 29.2 Å². The Balaban J connectivity index is 2.20.